The van der Waals surface area contributed by atoms with E-state index in [0.717, 1.165) is 4.47 Å². The third-order valence-electron chi connectivity index (χ3n) is 2.75. The molecule has 0 saturated heterocycles. The monoisotopic (exact) mass is 318 g/mol. The predicted octanol–water partition coefficient (Wildman–Crippen LogP) is 3.36. The summed E-state index contributed by atoms with van der Waals surface area (Å²) in [5.74, 6) is -0.0300. The van der Waals surface area contributed by atoms with Crippen LogP contribution in [-0.4, -0.2) is 21.5 Å². The maximum atomic E-state index is 12.9. The molecule has 0 aliphatic carbocycles. The summed E-state index contributed by atoms with van der Waals surface area (Å²) in [7, 11) is 0. The second-order valence-corrected chi connectivity index (χ2v) is 5.23. The minimum Gasteiger partial charge on any atom is -0.396 e. The summed E-state index contributed by atoms with van der Waals surface area (Å²) in [4.78, 5) is 0. The van der Waals surface area contributed by atoms with Gasteiger partial charge in [-0.2, -0.15) is 5.10 Å². The van der Waals surface area contributed by atoms with Crippen molar-refractivity contribution in [2.45, 2.75) is 19.9 Å². The van der Waals surface area contributed by atoms with E-state index in [0.29, 0.717) is 17.4 Å². The van der Waals surface area contributed by atoms with E-state index in [2.05, 4.69) is 21.0 Å². The molecule has 2 aromatic rings. The molecule has 1 aromatic carbocycles. The van der Waals surface area contributed by atoms with Gasteiger partial charge in [-0.15, -0.1) is 0 Å². The van der Waals surface area contributed by atoms with Gasteiger partial charge in [0.1, 0.15) is 5.69 Å². The summed E-state index contributed by atoms with van der Waals surface area (Å²) >= 11 is 3.32. The molecule has 2 rings (SSSR count). The van der Waals surface area contributed by atoms with Crippen LogP contribution >= 0.6 is 15.9 Å². The molecular formula is C12H13BrF2N2O. The van der Waals surface area contributed by atoms with Gasteiger partial charge in [-0.1, -0.05) is 22.9 Å². The predicted molar refractivity (Wildman–Crippen MR) is 68.6 cm³/mol. The molecular weight excluding hydrogens is 306 g/mol. The average Bonchev–Trinajstić information content (AvgIpc) is 2.67. The van der Waals surface area contributed by atoms with Gasteiger partial charge in [0.15, 0.2) is 0 Å². The van der Waals surface area contributed by atoms with E-state index < -0.39 is 6.43 Å². The van der Waals surface area contributed by atoms with Crippen molar-refractivity contribution in [1.82, 2.24) is 9.78 Å². The highest BCUT2D eigenvalue weighted by atomic mass is 79.9. The van der Waals surface area contributed by atoms with Crippen LogP contribution in [0.4, 0.5) is 8.78 Å². The number of alkyl halides is 2. The normalized spacial score (nSPS) is 13.4. The number of fused-ring (bicyclic) bond motifs is 1. The molecule has 1 N–H and O–H groups in total. The summed E-state index contributed by atoms with van der Waals surface area (Å²) in [5, 5.41) is 13.4. The molecule has 0 saturated carbocycles. The number of aliphatic hydroxyl groups excluding tert-OH is 1. The van der Waals surface area contributed by atoms with Gasteiger partial charge in [0.05, 0.1) is 5.52 Å². The Kier molecular flexibility index (Phi) is 3.97. The quantitative estimate of drug-likeness (QED) is 0.938. The Morgan fingerprint density at radius 1 is 1.44 bits per heavy atom. The van der Waals surface area contributed by atoms with Gasteiger partial charge in [-0.25, -0.2) is 8.78 Å². The Labute approximate surface area is 112 Å². The van der Waals surface area contributed by atoms with Crippen molar-refractivity contribution in [2.24, 2.45) is 5.92 Å². The van der Waals surface area contributed by atoms with E-state index in [1.165, 1.54) is 4.68 Å². The van der Waals surface area contributed by atoms with Crippen LogP contribution < -0.4 is 0 Å². The summed E-state index contributed by atoms with van der Waals surface area (Å²) in [5.41, 5.74) is 0.447. The Bertz CT molecular complexity index is 556. The van der Waals surface area contributed by atoms with Crippen LogP contribution in [0.15, 0.2) is 22.7 Å². The number of nitrogens with zero attached hydrogens (tertiary/aromatic N) is 2. The molecule has 0 aliphatic heterocycles. The molecule has 1 unspecified atom stereocenters. The molecule has 0 radical (unpaired) electrons. The fraction of sp³-hybridized carbons (Fsp3) is 0.417. The van der Waals surface area contributed by atoms with E-state index >= 15 is 0 Å². The third kappa shape index (κ3) is 2.54. The molecule has 1 aromatic heterocycles. The Morgan fingerprint density at radius 3 is 2.78 bits per heavy atom. The van der Waals surface area contributed by atoms with Gasteiger partial charge < -0.3 is 5.11 Å². The number of rotatable bonds is 4. The van der Waals surface area contributed by atoms with Crippen molar-refractivity contribution in [3.05, 3.63) is 28.4 Å². The van der Waals surface area contributed by atoms with Crippen molar-refractivity contribution in [3.63, 3.8) is 0 Å². The third-order valence-corrected chi connectivity index (χ3v) is 3.24. The van der Waals surface area contributed by atoms with Crippen LogP contribution in [0, 0.1) is 5.92 Å². The lowest BCUT2D eigenvalue weighted by molar-refractivity contribution is 0.145. The molecule has 1 heterocycles. The van der Waals surface area contributed by atoms with Crippen LogP contribution in [-0.2, 0) is 6.54 Å². The first-order valence-corrected chi connectivity index (χ1v) is 6.37. The molecule has 0 aliphatic rings. The van der Waals surface area contributed by atoms with Crippen molar-refractivity contribution in [2.75, 3.05) is 6.61 Å². The largest absolute Gasteiger partial charge is 0.396 e. The highest BCUT2D eigenvalue weighted by Crippen LogP contribution is 2.29. The molecule has 3 nitrogen and oxygen atoms in total. The lowest BCUT2D eigenvalue weighted by atomic mass is 10.2. The average molecular weight is 319 g/mol. The summed E-state index contributed by atoms with van der Waals surface area (Å²) in [6, 6.07) is 5.11. The lowest BCUT2D eigenvalue weighted by Gasteiger charge is -2.08. The van der Waals surface area contributed by atoms with E-state index in [-0.39, 0.29) is 18.2 Å². The van der Waals surface area contributed by atoms with Gasteiger partial charge in [0.25, 0.3) is 6.43 Å². The van der Waals surface area contributed by atoms with Crippen LogP contribution in [0.5, 0.6) is 0 Å². The standard InChI is InChI=1S/C12H13BrF2N2O/c1-7(6-18)5-17-10-4-8(13)2-3-9(10)11(16-17)12(14)15/h2-4,7,12,18H,5-6H2,1H3. The van der Waals surface area contributed by atoms with Crippen molar-refractivity contribution >= 4 is 26.8 Å². The summed E-state index contributed by atoms with van der Waals surface area (Å²) in [6.07, 6.45) is -2.60. The van der Waals surface area contributed by atoms with Gasteiger partial charge in [-0.05, 0) is 24.1 Å². The first-order chi connectivity index (χ1) is 8.52. The van der Waals surface area contributed by atoms with Gasteiger partial charge in [-0.3, -0.25) is 4.68 Å². The second kappa shape index (κ2) is 5.32. The molecule has 0 spiro atoms. The minimum absolute atomic E-state index is 0.000627. The number of halogens is 3. The van der Waals surface area contributed by atoms with E-state index in [4.69, 9.17) is 5.11 Å². The van der Waals surface area contributed by atoms with Crippen LogP contribution in [0.25, 0.3) is 10.9 Å². The smallest absolute Gasteiger partial charge is 0.282 e. The minimum atomic E-state index is -2.60. The Morgan fingerprint density at radius 2 is 2.17 bits per heavy atom. The molecule has 0 amide bonds. The van der Waals surface area contributed by atoms with E-state index in [9.17, 15) is 8.78 Å². The molecule has 0 bridgehead atoms. The van der Waals surface area contributed by atoms with Crippen molar-refractivity contribution in [1.29, 1.82) is 0 Å². The lowest BCUT2D eigenvalue weighted by Crippen LogP contribution is -2.12. The van der Waals surface area contributed by atoms with Crippen LogP contribution in [0.1, 0.15) is 19.0 Å². The summed E-state index contributed by atoms with van der Waals surface area (Å²) < 4.78 is 28.1. The Balaban J connectivity index is 2.54. The van der Waals surface area contributed by atoms with E-state index in [1.54, 1.807) is 18.2 Å². The highest BCUT2D eigenvalue weighted by molar-refractivity contribution is 9.10. The zero-order valence-corrected chi connectivity index (χ0v) is 11.4. The second-order valence-electron chi connectivity index (χ2n) is 4.32. The molecule has 0 fully saturated rings. The van der Waals surface area contributed by atoms with Gasteiger partial charge in [0, 0.05) is 23.0 Å². The summed E-state index contributed by atoms with van der Waals surface area (Å²) in [6.45, 7) is 2.25. The highest BCUT2D eigenvalue weighted by Gasteiger charge is 2.19. The molecule has 98 valence electrons. The first kappa shape index (κ1) is 13.4. The van der Waals surface area contributed by atoms with Crippen molar-refractivity contribution in [3.8, 4) is 0 Å². The van der Waals surface area contributed by atoms with Gasteiger partial charge in [0.2, 0.25) is 0 Å². The Hall–Kier alpha value is -1.01. The zero-order chi connectivity index (χ0) is 13.3. The van der Waals surface area contributed by atoms with Crippen LogP contribution in [0.3, 0.4) is 0 Å². The van der Waals surface area contributed by atoms with E-state index in [1.807, 2.05) is 6.92 Å². The van der Waals surface area contributed by atoms with Crippen LogP contribution in [0.2, 0.25) is 0 Å². The molecule has 1 atom stereocenters. The number of benzene rings is 1. The maximum absolute atomic E-state index is 12.9. The maximum Gasteiger partial charge on any atom is 0.282 e. The fourth-order valence-corrected chi connectivity index (χ4v) is 2.18. The fourth-order valence-electron chi connectivity index (χ4n) is 1.83. The van der Waals surface area contributed by atoms with Gasteiger partial charge >= 0.3 is 0 Å². The molecule has 18 heavy (non-hydrogen) atoms. The number of aromatic nitrogens is 2. The topological polar surface area (TPSA) is 38.0 Å². The SMILES string of the molecule is CC(CO)Cn1nc(C(F)F)c2ccc(Br)cc21. The zero-order valence-electron chi connectivity index (χ0n) is 9.78. The first-order valence-electron chi connectivity index (χ1n) is 5.58. The number of hydrogen-bond donors (Lipinski definition) is 1. The van der Waals surface area contributed by atoms with Crippen molar-refractivity contribution < 1.29 is 13.9 Å². The number of aliphatic hydroxyl groups is 1. The number of hydrogen-bond acceptors (Lipinski definition) is 2. The molecule has 6 heteroatoms.